The third kappa shape index (κ3) is 4.36. The van der Waals surface area contributed by atoms with Crippen molar-refractivity contribution in [2.75, 3.05) is 19.8 Å². The highest BCUT2D eigenvalue weighted by Crippen LogP contribution is 2.39. The predicted octanol–water partition coefficient (Wildman–Crippen LogP) is 0.0997. The van der Waals surface area contributed by atoms with Crippen LogP contribution in [0.1, 0.15) is 5.56 Å². The topological polar surface area (TPSA) is 119 Å². The van der Waals surface area contributed by atoms with E-state index in [0.717, 1.165) is 22.9 Å². The Labute approximate surface area is 167 Å². The minimum absolute atomic E-state index is 0. The van der Waals surface area contributed by atoms with Gasteiger partial charge in [-0.05, 0) is 23.6 Å². The minimum atomic E-state index is -0.561. The number of fused-ring (bicyclic) bond motifs is 1. The summed E-state index contributed by atoms with van der Waals surface area (Å²) >= 11 is 0. The number of nitrogens with one attached hydrogen (secondary N) is 1. The molecule has 0 aliphatic carbocycles. The van der Waals surface area contributed by atoms with E-state index in [0.29, 0.717) is 0 Å². The number of phenolic OH excluding ortho intramolecular Hbond substituents is 1. The number of phenols is 1. The van der Waals surface area contributed by atoms with E-state index in [9.17, 15) is 15.2 Å². The van der Waals surface area contributed by atoms with Crippen molar-refractivity contribution in [3.63, 3.8) is 0 Å². The number of rotatable bonds is 5. The van der Waals surface area contributed by atoms with Crippen LogP contribution < -0.4 is 23.0 Å². The first-order valence-corrected chi connectivity index (χ1v) is 8.35. The maximum absolute atomic E-state index is 11.2. The molecule has 8 nitrogen and oxygen atoms in total. The lowest BCUT2D eigenvalue weighted by molar-refractivity contribution is -0.872. The summed E-state index contributed by atoms with van der Waals surface area (Å²) in [4.78, 5) is 11.9. The van der Waals surface area contributed by atoms with Crippen molar-refractivity contribution in [3.05, 3.63) is 64.2 Å². The average molecular weight is 402 g/mol. The fraction of sp³-hybridized carbons (Fsp3) is 0.158. The van der Waals surface area contributed by atoms with Gasteiger partial charge in [-0.2, -0.15) is 0 Å². The number of quaternary nitrogens is 1. The highest BCUT2D eigenvalue weighted by Gasteiger charge is 2.16. The molecule has 3 aromatic rings. The van der Waals surface area contributed by atoms with Crippen LogP contribution in [0, 0.1) is 10.1 Å². The molecule has 9 heteroatoms. The van der Waals surface area contributed by atoms with Crippen molar-refractivity contribution >= 4 is 33.5 Å². The molecule has 0 amide bonds. The van der Waals surface area contributed by atoms with E-state index >= 15 is 0 Å². The number of hydrogen-bond donors (Lipinski definition) is 3. The Balaban J connectivity index is 0.00000280. The van der Waals surface area contributed by atoms with Crippen molar-refractivity contribution in [2.24, 2.45) is 10.2 Å². The van der Waals surface area contributed by atoms with E-state index < -0.39 is 4.92 Å². The molecule has 0 unspecified atom stereocenters. The molecule has 0 aliphatic heterocycles. The van der Waals surface area contributed by atoms with Crippen LogP contribution in [-0.4, -0.2) is 24.1 Å². The standard InChI is InChI=1S/C19H19N5O3.ClH/c1-23(2)11-13-5-3-4-12-6-9-17(25)19(18(12)13)22-21-15-8-7-14(20)10-16(15)24(26)27;/h3-10,25H,11,20H2,1-2H3;1H. The highest BCUT2D eigenvalue weighted by molar-refractivity contribution is 5.97. The van der Waals surface area contributed by atoms with E-state index in [1.807, 2.05) is 38.4 Å². The number of aromatic hydroxyl groups is 1. The molecular formula is C19H20ClN5O3. The monoisotopic (exact) mass is 401 g/mol. The quantitative estimate of drug-likeness (QED) is 0.243. The highest BCUT2D eigenvalue weighted by atomic mass is 35.5. The van der Waals surface area contributed by atoms with Gasteiger partial charge in [0.1, 0.15) is 18.0 Å². The van der Waals surface area contributed by atoms with E-state index in [1.54, 1.807) is 6.07 Å². The van der Waals surface area contributed by atoms with Crippen molar-refractivity contribution < 1.29 is 27.3 Å². The van der Waals surface area contributed by atoms with E-state index in [1.165, 1.54) is 23.1 Å². The maximum atomic E-state index is 11.2. The number of anilines is 1. The second-order valence-electron chi connectivity index (χ2n) is 6.54. The number of nitrogens with two attached hydrogens (primary N) is 1. The third-order valence-corrected chi connectivity index (χ3v) is 4.08. The molecule has 0 aromatic heterocycles. The molecule has 0 spiro atoms. The van der Waals surface area contributed by atoms with Gasteiger partial charge in [-0.3, -0.25) is 10.1 Å². The van der Waals surface area contributed by atoms with Crippen LogP contribution in [0.4, 0.5) is 22.7 Å². The van der Waals surface area contributed by atoms with E-state index in [2.05, 4.69) is 10.2 Å². The Morgan fingerprint density at radius 2 is 1.89 bits per heavy atom. The third-order valence-electron chi connectivity index (χ3n) is 4.08. The normalized spacial score (nSPS) is 11.1. The number of nitrogen functional groups attached to an aromatic ring is 1. The molecule has 4 N–H and O–H groups in total. The van der Waals surface area contributed by atoms with Crippen LogP contribution in [0.5, 0.6) is 5.75 Å². The Morgan fingerprint density at radius 1 is 1.14 bits per heavy atom. The first-order chi connectivity index (χ1) is 12.9. The van der Waals surface area contributed by atoms with E-state index in [-0.39, 0.29) is 40.9 Å². The van der Waals surface area contributed by atoms with Gasteiger partial charge in [0.2, 0.25) is 0 Å². The molecule has 146 valence electrons. The Kier molecular flexibility index (Phi) is 6.50. The maximum Gasteiger partial charge on any atom is 0.298 e. The first-order valence-electron chi connectivity index (χ1n) is 8.35. The SMILES string of the molecule is C[NH+](C)Cc1cccc2ccc(O)c(N=Nc3ccc(N)cc3[N+](=O)[O-])c12.[Cl-]. The molecule has 0 bridgehead atoms. The summed E-state index contributed by atoms with van der Waals surface area (Å²) in [5.41, 5.74) is 7.01. The van der Waals surface area contributed by atoms with Gasteiger partial charge >= 0.3 is 0 Å². The van der Waals surface area contributed by atoms with Crippen LogP contribution in [-0.2, 0) is 6.54 Å². The summed E-state index contributed by atoms with van der Waals surface area (Å²) in [5, 5.41) is 31.5. The number of nitro benzene ring substituents is 1. The lowest BCUT2D eigenvalue weighted by atomic mass is 10.0. The molecule has 0 radical (unpaired) electrons. The van der Waals surface area contributed by atoms with Gasteiger partial charge < -0.3 is 28.1 Å². The van der Waals surface area contributed by atoms with Crippen LogP contribution in [0.15, 0.2) is 58.8 Å². The summed E-state index contributed by atoms with van der Waals surface area (Å²) in [6.07, 6.45) is 0. The molecule has 0 atom stereocenters. The molecule has 0 saturated heterocycles. The molecule has 0 fully saturated rings. The second-order valence-corrected chi connectivity index (χ2v) is 6.54. The Bertz CT molecular complexity index is 1050. The zero-order valence-corrected chi connectivity index (χ0v) is 16.1. The number of hydrogen-bond acceptors (Lipinski definition) is 6. The fourth-order valence-electron chi connectivity index (χ4n) is 2.93. The number of halogens is 1. The van der Waals surface area contributed by atoms with Crippen molar-refractivity contribution in [2.45, 2.75) is 6.54 Å². The smallest absolute Gasteiger partial charge is 0.298 e. The van der Waals surface area contributed by atoms with E-state index in [4.69, 9.17) is 5.73 Å². The average Bonchev–Trinajstić information content (AvgIpc) is 2.61. The second kappa shape index (κ2) is 8.64. The number of azo groups is 1. The van der Waals surface area contributed by atoms with Gasteiger partial charge in [-0.1, -0.05) is 24.3 Å². The lowest BCUT2D eigenvalue weighted by Gasteiger charge is -2.12. The van der Waals surface area contributed by atoms with Gasteiger partial charge in [0, 0.05) is 22.7 Å². The minimum Gasteiger partial charge on any atom is -1.00 e. The van der Waals surface area contributed by atoms with Gasteiger partial charge in [0.25, 0.3) is 5.69 Å². The lowest BCUT2D eigenvalue weighted by Crippen LogP contribution is -3.04. The zero-order valence-electron chi connectivity index (χ0n) is 15.4. The summed E-state index contributed by atoms with van der Waals surface area (Å²) in [6.45, 7) is 0.728. The summed E-state index contributed by atoms with van der Waals surface area (Å²) in [7, 11) is 4.06. The van der Waals surface area contributed by atoms with Gasteiger partial charge in [-0.25, -0.2) is 0 Å². The largest absolute Gasteiger partial charge is 1.00 e. The molecule has 28 heavy (non-hydrogen) atoms. The zero-order chi connectivity index (χ0) is 19.6. The Morgan fingerprint density at radius 3 is 2.57 bits per heavy atom. The molecule has 3 rings (SSSR count). The first kappa shape index (κ1) is 21.1. The molecular weight excluding hydrogens is 382 g/mol. The number of nitro groups is 1. The molecule has 0 saturated carbocycles. The summed E-state index contributed by atoms with van der Waals surface area (Å²) in [6, 6.07) is 13.4. The van der Waals surface area contributed by atoms with Crippen LogP contribution in [0.25, 0.3) is 10.8 Å². The van der Waals surface area contributed by atoms with Gasteiger partial charge in [-0.15, -0.1) is 10.2 Å². The fourth-order valence-corrected chi connectivity index (χ4v) is 2.93. The molecule has 0 heterocycles. The van der Waals surface area contributed by atoms with Crippen LogP contribution in [0.2, 0.25) is 0 Å². The number of nitrogens with zero attached hydrogens (tertiary/aromatic N) is 3. The van der Waals surface area contributed by atoms with Gasteiger partial charge in [0.15, 0.2) is 5.69 Å². The Hall–Kier alpha value is -3.23. The summed E-state index contributed by atoms with van der Waals surface area (Å²) in [5.74, 6) is -0.0365. The molecule has 3 aromatic carbocycles. The molecule has 0 aliphatic rings. The summed E-state index contributed by atoms with van der Waals surface area (Å²) < 4.78 is 0. The van der Waals surface area contributed by atoms with Crippen molar-refractivity contribution in [1.82, 2.24) is 0 Å². The predicted molar refractivity (Wildman–Crippen MR) is 104 cm³/mol. The van der Waals surface area contributed by atoms with Crippen molar-refractivity contribution in [3.8, 4) is 5.75 Å². The van der Waals surface area contributed by atoms with Crippen LogP contribution in [0.3, 0.4) is 0 Å². The number of benzene rings is 3. The van der Waals surface area contributed by atoms with Crippen LogP contribution >= 0.6 is 0 Å². The van der Waals surface area contributed by atoms with Gasteiger partial charge in [0.05, 0.1) is 19.0 Å². The van der Waals surface area contributed by atoms with Crippen molar-refractivity contribution in [1.29, 1.82) is 0 Å².